The second-order valence-corrected chi connectivity index (χ2v) is 14.1. The molecule has 0 aliphatic rings. The van der Waals surface area contributed by atoms with E-state index < -0.39 is 0 Å². The number of allylic oxidation sites excluding steroid dienone is 1. The average molecular weight is 589 g/mol. The number of hydrogen-bond acceptors (Lipinski definition) is 6. The second-order valence-electron chi connectivity index (χ2n) is 14.1. The zero-order chi connectivity index (χ0) is 31.6. The molecule has 9 nitrogen and oxygen atoms in total. The minimum atomic E-state index is 0.133. The van der Waals surface area contributed by atoms with Crippen molar-refractivity contribution in [3.05, 3.63) is 36.6 Å². The van der Waals surface area contributed by atoms with E-state index in [4.69, 9.17) is 29.3 Å². The first kappa shape index (κ1) is 39.7. The van der Waals surface area contributed by atoms with Crippen molar-refractivity contribution in [2.75, 3.05) is 115 Å². The smallest absolute Gasteiger partial charge is 0.132 e. The lowest BCUT2D eigenvalue weighted by molar-refractivity contribution is -0.926. The van der Waals surface area contributed by atoms with Crippen molar-refractivity contribution in [3.8, 4) is 0 Å². The zero-order valence-electron chi connectivity index (χ0n) is 28.5. The Morgan fingerprint density at radius 1 is 0.585 bits per heavy atom. The maximum atomic E-state index is 5.49. The SMILES string of the molecule is C=C(C)COOCC[N+](C)(C)CC(CCC)(CC[N+](C)(C)CCCOOC(=C)C)C[N+](C)(C)CCOOCC(=C)C. The van der Waals surface area contributed by atoms with Gasteiger partial charge in [-0.3, -0.25) is 0 Å². The zero-order valence-corrected chi connectivity index (χ0v) is 28.5. The van der Waals surface area contributed by atoms with Gasteiger partial charge in [0.25, 0.3) is 0 Å². The molecule has 0 bridgehead atoms. The Balaban J connectivity index is 5.56. The van der Waals surface area contributed by atoms with Crippen LogP contribution in [-0.2, 0) is 29.3 Å². The van der Waals surface area contributed by atoms with E-state index in [9.17, 15) is 0 Å². The summed E-state index contributed by atoms with van der Waals surface area (Å²) < 4.78 is 2.64. The number of hydrogen-bond donors (Lipinski definition) is 0. The van der Waals surface area contributed by atoms with E-state index in [0.717, 1.165) is 89.5 Å². The normalized spacial score (nSPS) is 12.9. The molecule has 0 saturated carbocycles. The van der Waals surface area contributed by atoms with Gasteiger partial charge in [-0.25, -0.2) is 19.6 Å². The third-order valence-corrected chi connectivity index (χ3v) is 7.08. The van der Waals surface area contributed by atoms with Crippen LogP contribution in [0, 0.1) is 5.41 Å². The quantitative estimate of drug-likeness (QED) is 0.0324. The lowest BCUT2D eigenvalue weighted by atomic mass is 9.77. The van der Waals surface area contributed by atoms with Crippen LogP contribution in [-0.4, -0.2) is 128 Å². The third kappa shape index (κ3) is 22.0. The number of quaternary nitrogens is 3. The van der Waals surface area contributed by atoms with Crippen LogP contribution in [0.15, 0.2) is 36.6 Å². The molecule has 9 heteroatoms. The van der Waals surface area contributed by atoms with Gasteiger partial charge in [-0.05, 0) is 27.2 Å². The lowest BCUT2D eigenvalue weighted by Crippen LogP contribution is -2.58. The topological polar surface area (TPSA) is 55.4 Å². The summed E-state index contributed by atoms with van der Waals surface area (Å²) in [6.07, 6.45) is 4.34. The van der Waals surface area contributed by atoms with E-state index in [1.54, 1.807) is 6.92 Å². The summed E-state index contributed by atoms with van der Waals surface area (Å²) in [4.78, 5) is 32.0. The molecule has 0 aliphatic carbocycles. The largest absolute Gasteiger partial charge is 0.343 e. The molecule has 0 saturated heterocycles. The van der Waals surface area contributed by atoms with Gasteiger partial charge in [0.2, 0.25) is 0 Å². The summed E-state index contributed by atoms with van der Waals surface area (Å²) in [5, 5.41) is 0. The molecule has 0 aromatic carbocycles. The Morgan fingerprint density at radius 3 is 1.49 bits per heavy atom. The standard InChI is InChI=1S/C32H66N3O6/c1-14-16-32(27-34(10,11)20-23-36-39-25-29(2)3,28-35(12,13)21-24-37-40-26-30(4)5)17-19-33(8,9)18-15-22-38-41-31(6)7/h2,4,6,14-28H2,1,3,5,7-13H3/q+3. The van der Waals surface area contributed by atoms with E-state index in [1.807, 2.05) is 13.8 Å². The highest BCUT2D eigenvalue weighted by molar-refractivity contribution is 4.87. The Hall–Kier alpha value is -1.30. The van der Waals surface area contributed by atoms with Crippen LogP contribution >= 0.6 is 0 Å². The maximum Gasteiger partial charge on any atom is 0.132 e. The Morgan fingerprint density at radius 2 is 1.07 bits per heavy atom. The maximum absolute atomic E-state index is 5.49. The highest BCUT2D eigenvalue weighted by atomic mass is 17.2. The molecule has 0 spiro atoms. The van der Waals surface area contributed by atoms with Crippen LogP contribution in [0.5, 0.6) is 0 Å². The summed E-state index contributed by atoms with van der Waals surface area (Å²) in [5.74, 6) is 0.574. The van der Waals surface area contributed by atoms with Crippen LogP contribution in [0.4, 0.5) is 0 Å². The molecule has 0 aromatic rings. The Bertz CT molecular complexity index is 729. The van der Waals surface area contributed by atoms with Crippen LogP contribution in [0.1, 0.15) is 53.4 Å². The van der Waals surface area contributed by atoms with E-state index in [1.165, 1.54) is 0 Å². The molecule has 0 radical (unpaired) electrons. The van der Waals surface area contributed by atoms with Crippen molar-refractivity contribution in [2.24, 2.45) is 5.41 Å². The fraction of sp³-hybridized carbons (Fsp3) is 0.812. The molecule has 0 aliphatic heterocycles. The van der Waals surface area contributed by atoms with Gasteiger partial charge in [0.1, 0.15) is 45.3 Å². The summed E-state index contributed by atoms with van der Waals surface area (Å²) >= 11 is 0. The Kier molecular flexibility index (Phi) is 19.2. The first-order valence-electron chi connectivity index (χ1n) is 15.1. The van der Waals surface area contributed by atoms with Crippen molar-refractivity contribution in [1.29, 1.82) is 0 Å². The summed E-state index contributed by atoms with van der Waals surface area (Å²) in [6.45, 7) is 27.8. The molecule has 242 valence electrons. The minimum absolute atomic E-state index is 0.133. The van der Waals surface area contributed by atoms with Gasteiger partial charge in [0.05, 0.1) is 80.5 Å². The van der Waals surface area contributed by atoms with Gasteiger partial charge in [0, 0.05) is 12.8 Å². The highest BCUT2D eigenvalue weighted by Gasteiger charge is 2.43. The molecule has 0 amide bonds. The summed E-state index contributed by atoms with van der Waals surface area (Å²) in [5.41, 5.74) is 2.03. The van der Waals surface area contributed by atoms with Gasteiger partial charge in [-0.15, -0.1) is 0 Å². The first-order chi connectivity index (χ1) is 18.9. The van der Waals surface area contributed by atoms with Crippen LogP contribution < -0.4 is 0 Å². The molecule has 0 atom stereocenters. The summed E-state index contributed by atoms with van der Waals surface area (Å²) in [6, 6.07) is 0. The number of likely N-dealkylation sites (N-methyl/N-ethyl adjacent to an activating group) is 2. The third-order valence-electron chi connectivity index (χ3n) is 7.08. The Labute approximate surface area is 252 Å². The number of rotatable bonds is 27. The fourth-order valence-corrected chi connectivity index (χ4v) is 5.31. The van der Waals surface area contributed by atoms with E-state index in [-0.39, 0.29) is 5.41 Å². The van der Waals surface area contributed by atoms with Crippen molar-refractivity contribution in [1.82, 2.24) is 0 Å². The van der Waals surface area contributed by atoms with Crippen molar-refractivity contribution >= 4 is 0 Å². The highest BCUT2D eigenvalue weighted by Crippen LogP contribution is 2.35. The van der Waals surface area contributed by atoms with Crippen molar-refractivity contribution in [3.63, 3.8) is 0 Å². The molecule has 0 unspecified atom stereocenters. The first-order valence-corrected chi connectivity index (χ1v) is 15.1. The summed E-state index contributed by atoms with van der Waals surface area (Å²) in [7, 11) is 13.9. The van der Waals surface area contributed by atoms with Crippen LogP contribution in [0.2, 0.25) is 0 Å². The predicted octanol–water partition coefficient (Wildman–Crippen LogP) is 5.31. The van der Waals surface area contributed by atoms with Gasteiger partial charge >= 0.3 is 0 Å². The fourth-order valence-electron chi connectivity index (χ4n) is 5.31. The lowest BCUT2D eigenvalue weighted by Gasteiger charge is -2.46. The van der Waals surface area contributed by atoms with E-state index in [0.29, 0.717) is 38.8 Å². The van der Waals surface area contributed by atoms with Crippen LogP contribution in [0.25, 0.3) is 0 Å². The molecule has 41 heavy (non-hydrogen) atoms. The average Bonchev–Trinajstić information content (AvgIpc) is 2.81. The molecule has 0 aromatic heterocycles. The molecule has 0 fully saturated rings. The molecule has 0 rings (SSSR count). The van der Waals surface area contributed by atoms with Gasteiger partial charge in [-0.1, -0.05) is 44.2 Å². The molecular formula is C32H66N3O6+3. The van der Waals surface area contributed by atoms with Crippen molar-refractivity contribution < 1.29 is 42.8 Å². The molecule has 0 heterocycles. The second kappa shape index (κ2) is 19.8. The van der Waals surface area contributed by atoms with Crippen LogP contribution in [0.3, 0.4) is 0 Å². The molecular weight excluding hydrogens is 522 g/mol. The number of nitrogens with zero attached hydrogens (tertiary/aromatic N) is 3. The van der Waals surface area contributed by atoms with Gasteiger partial charge in [-0.2, -0.15) is 4.89 Å². The molecule has 0 N–H and O–H groups in total. The minimum Gasteiger partial charge on any atom is -0.343 e. The monoisotopic (exact) mass is 588 g/mol. The van der Waals surface area contributed by atoms with Gasteiger partial charge in [0.15, 0.2) is 0 Å². The van der Waals surface area contributed by atoms with E-state index in [2.05, 4.69) is 68.9 Å². The van der Waals surface area contributed by atoms with Gasteiger partial charge < -0.3 is 18.3 Å². The van der Waals surface area contributed by atoms with Crippen molar-refractivity contribution in [2.45, 2.75) is 53.4 Å². The van der Waals surface area contributed by atoms with E-state index >= 15 is 0 Å². The predicted molar refractivity (Wildman–Crippen MR) is 167 cm³/mol.